The Kier molecular flexibility index (Phi) is 6.17. The molecule has 0 unspecified atom stereocenters. The zero-order valence-electron chi connectivity index (χ0n) is 11.8. The summed E-state index contributed by atoms with van der Waals surface area (Å²) in [5.74, 6) is -0.554. The van der Waals surface area contributed by atoms with Crippen LogP contribution in [0.15, 0.2) is 18.2 Å². The van der Waals surface area contributed by atoms with Gasteiger partial charge in [-0.25, -0.2) is 0 Å². The molecule has 0 aliphatic heterocycles. The van der Waals surface area contributed by atoms with Crippen LogP contribution in [-0.4, -0.2) is 25.0 Å². The van der Waals surface area contributed by atoms with Gasteiger partial charge >= 0.3 is 6.18 Å². The highest BCUT2D eigenvalue weighted by Gasteiger charge is 2.31. The van der Waals surface area contributed by atoms with Crippen LogP contribution in [0.2, 0.25) is 0 Å². The van der Waals surface area contributed by atoms with Crippen molar-refractivity contribution in [3.8, 4) is 0 Å². The van der Waals surface area contributed by atoms with Gasteiger partial charge in [-0.2, -0.15) is 13.2 Å². The quantitative estimate of drug-likeness (QED) is 0.749. The minimum Gasteiger partial charge on any atom is -0.350 e. The SMILES string of the molecule is Cc1ccc(C(F)(F)F)cc1C(=O)NC[C@@H](N)CCCN. The number of halogens is 3. The number of alkyl halides is 3. The zero-order valence-corrected chi connectivity index (χ0v) is 11.8. The van der Waals surface area contributed by atoms with Gasteiger partial charge in [-0.15, -0.1) is 0 Å². The van der Waals surface area contributed by atoms with Gasteiger partial charge in [-0.3, -0.25) is 4.79 Å². The molecule has 1 atom stereocenters. The Labute approximate surface area is 121 Å². The fourth-order valence-electron chi connectivity index (χ4n) is 1.84. The molecular weight excluding hydrogens is 283 g/mol. The van der Waals surface area contributed by atoms with Gasteiger partial charge in [-0.1, -0.05) is 6.07 Å². The molecule has 5 N–H and O–H groups in total. The average Bonchev–Trinajstić information content (AvgIpc) is 2.41. The maximum atomic E-state index is 12.7. The van der Waals surface area contributed by atoms with Gasteiger partial charge in [0.1, 0.15) is 0 Å². The van der Waals surface area contributed by atoms with E-state index in [0.29, 0.717) is 18.5 Å². The van der Waals surface area contributed by atoms with Gasteiger partial charge in [0.15, 0.2) is 0 Å². The second-order valence-corrected chi connectivity index (χ2v) is 4.93. The molecule has 0 radical (unpaired) electrons. The predicted octanol–water partition coefficient (Wildman–Crippen LogP) is 1.81. The Morgan fingerprint density at radius 2 is 2.05 bits per heavy atom. The molecule has 0 aliphatic carbocycles. The molecule has 0 heterocycles. The monoisotopic (exact) mass is 303 g/mol. The minimum absolute atomic E-state index is 0.0100. The fourth-order valence-corrected chi connectivity index (χ4v) is 1.84. The first kappa shape index (κ1) is 17.5. The maximum Gasteiger partial charge on any atom is 0.416 e. The largest absolute Gasteiger partial charge is 0.416 e. The van der Waals surface area contributed by atoms with Crippen LogP contribution in [0, 0.1) is 6.92 Å². The summed E-state index contributed by atoms with van der Waals surface area (Å²) in [6.45, 7) is 2.30. The predicted molar refractivity (Wildman–Crippen MR) is 74.8 cm³/mol. The highest BCUT2D eigenvalue weighted by Crippen LogP contribution is 2.30. The smallest absolute Gasteiger partial charge is 0.350 e. The van der Waals surface area contributed by atoms with Gasteiger partial charge in [0.05, 0.1) is 5.56 Å². The summed E-state index contributed by atoms with van der Waals surface area (Å²) in [6, 6.07) is 2.84. The average molecular weight is 303 g/mol. The van der Waals surface area contributed by atoms with Gasteiger partial charge in [0, 0.05) is 18.2 Å². The van der Waals surface area contributed by atoms with E-state index < -0.39 is 17.6 Å². The molecule has 0 bridgehead atoms. The summed E-state index contributed by atoms with van der Waals surface area (Å²) in [4.78, 5) is 12.0. The third-order valence-corrected chi connectivity index (χ3v) is 3.11. The fraction of sp³-hybridized carbons (Fsp3) is 0.500. The lowest BCUT2D eigenvalue weighted by Crippen LogP contribution is -2.37. The number of carbonyl (C=O) groups excluding carboxylic acids is 1. The Morgan fingerprint density at radius 1 is 1.38 bits per heavy atom. The molecule has 21 heavy (non-hydrogen) atoms. The topological polar surface area (TPSA) is 81.1 Å². The zero-order chi connectivity index (χ0) is 16.0. The first-order chi connectivity index (χ1) is 9.75. The Bertz CT molecular complexity index is 489. The van der Waals surface area contributed by atoms with Crippen molar-refractivity contribution in [1.82, 2.24) is 5.32 Å². The molecule has 1 aromatic carbocycles. The maximum absolute atomic E-state index is 12.7. The molecular formula is C14H20F3N3O. The highest BCUT2D eigenvalue weighted by atomic mass is 19.4. The third-order valence-electron chi connectivity index (χ3n) is 3.11. The summed E-state index contributed by atoms with van der Waals surface area (Å²) in [5.41, 5.74) is 10.8. The molecule has 4 nitrogen and oxygen atoms in total. The van der Waals surface area contributed by atoms with Crippen molar-refractivity contribution in [3.05, 3.63) is 34.9 Å². The summed E-state index contributed by atoms with van der Waals surface area (Å²) in [6.07, 6.45) is -3.09. The number of hydrogen-bond acceptors (Lipinski definition) is 3. The molecule has 1 aromatic rings. The number of amides is 1. The number of rotatable bonds is 6. The summed E-state index contributed by atoms with van der Waals surface area (Å²) < 4.78 is 38.0. The van der Waals surface area contributed by atoms with Crippen LogP contribution >= 0.6 is 0 Å². The van der Waals surface area contributed by atoms with Crippen LogP contribution in [0.5, 0.6) is 0 Å². The lowest BCUT2D eigenvalue weighted by atomic mass is 10.0. The normalized spacial score (nSPS) is 13.0. The Balaban J connectivity index is 2.74. The number of hydrogen-bond donors (Lipinski definition) is 3. The highest BCUT2D eigenvalue weighted by molar-refractivity contribution is 5.95. The van der Waals surface area contributed by atoms with Crippen LogP contribution < -0.4 is 16.8 Å². The number of carbonyl (C=O) groups is 1. The summed E-state index contributed by atoms with van der Waals surface area (Å²) in [5, 5.41) is 2.56. The van der Waals surface area contributed by atoms with Gasteiger partial charge in [0.2, 0.25) is 0 Å². The van der Waals surface area contributed by atoms with E-state index >= 15 is 0 Å². The van der Waals surface area contributed by atoms with Crippen molar-refractivity contribution < 1.29 is 18.0 Å². The van der Waals surface area contributed by atoms with Crippen molar-refractivity contribution in [1.29, 1.82) is 0 Å². The summed E-state index contributed by atoms with van der Waals surface area (Å²) >= 11 is 0. The molecule has 118 valence electrons. The van der Waals surface area contributed by atoms with Crippen molar-refractivity contribution in [2.75, 3.05) is 13.1 Å². The van der Waals surface area contributed by atoms with E-state index in [-0.39, 0.29) is 18.2 Å². The van der Waals surface area contributed by atoms with Crippen molar-refractivity contribution in [2.24, 2.45) is 11.5 Å². The number of nitrogens with one attached hydrogen (secondary N) is 1. The van der Waals surface area contributed by atoms with Crippen molar-refractivity contribution in [3.63, 3.8) is 0 Å². The van der Waals surface area contributed by atoms with Gasteiger partial charge in [0.25, 0.3) is 5.91 Å². The number of aryl methyl sites for hydroxylation is 1. The summed E-state index contributed by atoms with van der Waals surface area (Å²) in [7, 11) is 0. The molecule has 1 rings (SSSR count). The van der Waals surface area contributed by atoms with Crippen LogP contribution in [0.3, 0.4) is 0 Å². The van der Waals surface area contributed by atoms with E-state index in [2.05, 4.69) is 5.32 Å². The third kappa shape index (κ3) is 5.35. The van der Waals surface area contributed by atoms with Crippen molar-refractivity contribution >= 4 is 5.91 Å². The molecule has 0 saturated carbocycles. The van der Waals surface area contributed by atoms with E-state index in [1.165, 1.54) is 6.07 Å². The van der Waals surface area contributed by atoms with E-state index in [0.717, 1.165) is 18.6 Å². The Hall–Kier alpha value is -1.60. The van der Waals surface area contributed by atoms with Crippen LogP contribution in [-0.2, 0) is 6.18 Å². The van der Waals surface area contributed by atoms with Crippen molar-refractivity contribution in [2.45, 2.75) is 32.0 Å². The van der Waals surface area contributed by atoms with Crippen LogP contribution in [0.1, 0.15) is 34.3 Å². The molecule has 7 heteroatoms. The second-order valence-electron chi connectivity index (χ2n) is 4.93. The van der Waals surface area contributed by atoms with Crippen LogP contribution in [0.25, 0.3) is 0 Å². The van der Waals surface area contributed by atoms with Gasteiger partial charge in [-0.05, 0) is 44.0 Å². The van der Waals surface area contributed by atoms with Crippen LogP contribution in [0.4, 0.5) is 13.2 Å². The second kappa shape index (κ2) is 7.42. The first-order valence-electron chi connectivity index (χ1n) is 6.67. The molecule has 0 aromatic heterocycles. The molecule has 1 amide bonds. The van der Waals surface area contributed by atoms with E-state index in [1.807, 2.05) is 0 Å². The first-order valence-corrected chi connectivity index (χ1v) is 6.67. The number of benzene rings is 1. The lowest BCUT2D eigenvalue weighted by Gasteiger charge is -2.14. The number of nitrogens with two attached hydrogens (primary N) is 2. The lowest BCUT2D eigenvalue weighted by molar-refractivity contribution is -0.137. The van der Waals surface area contributed by atoms with Gasteiger partial charge < -0.3 is 16.8 Å². The molecule has 0 saturated heterocycles. The minimum atomic E-state index is -4.47. The van der Waals surface area contributed by atoms with E-state index in [1.54, 1.807) is 6.92 Å². The molecule has 0 fully saturated rings. The molecule has 0 spiro atoms. The van der Waals surface area contributed by atoms with E-state index in [4.69, 9.17) is 11.5 Å². The molecule has 0 aliphatic rings. The standard InChI is InChI=1S/C14H20F3N3O/c1-9-4-5-10(14(15,16)17)7-12(9)13(21)20-8-11(19)3-2-6-18/h4-5,7,11H,2-3,6,8,18-19H2,1H3,(H,20,21)/t11-/m0/s1. The Morgan fingerprint density at radius 3 is 2.62 bits per heavy atom. The van der Waals surface area contributed by atoms with E-state index in [9.17, 15) is 18.0 Å².